The Labute approximate surface area is 95.9 Å². The van der Waals surface area contributed by atoms with Crippen LogP contribution in [0.5, 0.6) is 5.75 Å². The number of hydrogen-bond acceptors (Lipinski definition) is 2. The van der Waals surface area contributed by atoms with Gasteiger partial charge in [-0.25, -0.2) is 0 Å². The molecule has 1 fully saturated rings. The average molecular weight is 268 g/mol. The van der Waals surface area contributed by atoms with E-state index >= 15 is 0 Å². The fraction of sp³-hybridized carbons (Fsp3) is 0.364. The van der Waals surface area contributed by atoms with E-state index in [-0.39, 0.29) is 5.91 Å². The quantitative estimate of drug-likeness (QED) is 0.785. The molecule has 1 aliphatic carbocycles. The lowest BCUT2D eigenvalue weighted by Crippen LogP contribution is -2.39. The Morgan fingerprint density at radius 2 is 2.20 bits per heavy atom. The predicted molar refractivity (Wildman–Crippen MR) is 60.1 cm³/mol. The first-order chi connectivity index (χ1) is 7.11. The molecule has 2 aliphatic rings. The largest absolute Gasteiger partial charge is 0.475 e. The summed E-state index contributed by atoms with van der Waals surface area (Å²) in [5.41, 5.74) is 1.27. The molecule has 1 amide bonds. The molecule has 1 aromatic carbocycles. The lowest BCUT2D eigenvalue weighted by molar-refractivity contribution is -0.125. The molecule has 0 atom stereocenters. The van der Waals surface area contributed by atoms with Crippen LogP contribution in [0.3, 0.4) is 0 Å². The molecule has 0 unspecified atom stereocenters. The number of halogens is 1. The van der Waals surface area contributed by atoms with Crippen molar-refractivity contribution in [1.29, 1.82) is 0 Å². The van der Waals surface area contributed by atoms with Crippen LogP contribution in [-0.4, -0.2) is 11.5 Å². The van der Waals surface area contributed by atoms with Crippen LogP contribution in [0, 0.1) is 6.92 Å². The zero-order valence-corrected chi connectivity index (χ0v) is 9.85. The molecular weight excluding hydrogens is 258 g/mol. The summed E-state index contributed by atoms with van der Waals surface area (Å²) in [5, 5.41) is 2.92. The van der Waals surface area contributed by atoms with Gasteiger partial charge in [0.15, 0.2) is 5.60 Å². The number of nitrogens with one attached hydrogen (secondary N) is 1. The van der Waals surface area contributed by atoms with Crippen LogP contribution in [-0.2, 0) is 4.79 Å². The van der Waals surface area contributed by atoms with Gasteiger partial charge in [-0.3, -0.25) is 4.79 Å². The number of rotatable bonds is 0. The molecule has 4 heteroatoms. The Bertz CT molecular complexity index is 466. The van der Waals surface area contributed by atoms with E-state index < -0.39 is 5.60 Å². The molecule has 78 valence electrons. The van der Waals surface area contributed by atoms with E-state index in [0.717, 1.165) is 34.3 Å². The molecule has 1 heterocycles. The molecule has 1 spiro atoms. The fourth-order valence-corrected chi connectivity index (χ4v) is 2.43. The number of aryl methyl sites for hydroxylation is 1. The summed E-state index contributed by atoms with van der Waals surface area (Å²) in [6, 6.07) is 3.87. The second-order valence-electron chi connectivity index (χ2n) is 4.15. The smallest absolute Gasteiger partial charge is 0.268 e. The number of hydrogen-bond donors (Lipinski definition) is 1. The van der Waals surface area contributed by atoms with E-state index in [1.165, 1.54) is 0 Å². The van der Waals surface area contributed by atoms with Crippen molar-refractivity contribution in [3.8, 4) is 5.75 Å². The normalized spacial score (nSPS) is 20.5. The summed E-state index contributed by atoms with van der Waals surface area (Å²) in [4.78, 5) is 11.7. The topological polar surface area (TPSA) is 38.3 Å². The SMILES string of the molecule is Cc1cc(Br)cc2c1NC(=O)C1(CC1)O2. The molecule has 1 aliphatic heterocycles. The van der Waals surface area contributed by atoms with Crippen molar-refractivity contribution >= 4 is 27.5 Å². The van der Waals surface area contributed by atoms with Crippen LogP contribution in [0.2, 0.25) is 0 Å². The predicted octanol–water partition coefficient (Wildman–Crippen LogP) is 2.62. The number of carbonyl (C=O) groups excluding carboxylic acids is 1. The number of amides is 1. The molecule has 3 nitrogen and oxygen atoms in total. The first-order valence-electron chi connectivity index (χ1n) is 4.91. The molecule has 1 aromatic rings. The van der Waals surface area contributed by atoms with E-state index in [9.17, 15) is 4.79 Å². The van der Waals surface area contributed by atoms with Crippen molar-refractivity contribution in [2.24, 2.45) is 0 Å². The van der Waals surface area contributed by atoms with Crippen molar-refractivity contribution in [1.82, 2.24) is 0 Å². The summed E-state index contributed by atoms with van der Waals surface area (Å²) >= 11 is 3.42. The minimum Gasteiger partial charge on any atom is -0.475 e. The Hall–Kier alpha value is -1.03. The highest BCUT2D eigenvalue weighted by Gasteiger charge is 2.55. The minimum absolute atomic E-state index is 0.000391. The monoisotopic (exact) mass is 267 g/mol. The number of fused-ring (bicyclic) bond motifs is 1. The van der Waals surface area contributed by atoms with Gasteiger partial charge in [-0.05, 0) is 24.6 Å². The zero-order valence-electron chi connectivity index (χ0n) is 8.26. The maximum Gasteiger partial charge on any atom is 0.268 e. The third-order valence-electron chi connectivity index (χ3n) is 2.93. The molecule has 0 bridgehead atoms. The van der Waals surface area contributed by atoms with Gasteiger partial charge in [0.05, 0.1) is 5.69 Å². The second kappa shape index (κ2) is 2.76. The van der Waals surface area contributed by atoms with Crippen LogP contribution >= 0.6 is 15.9 Å². The highest BCUT2D eigenvalue weighted by molar-refractivity contribution is 9.10. The van der Waals surface area contributed by atoms with Crippen LogP contribution in [0.25, 0.3) is 0 Å². The summed E-state index contributed by atoms with van der Waals surface area (Å²) in [5.74, 6) is 0.777. The third-order valence-corrected chi connectivity index (χ3v) is 3.38. The first kappa shape index (κ1) is 9.21. The van der Waals surface area contributed by atoms with Crippen LogP contribution in [0.1, 0.15) is 18.4 Å². The lowest BCUT2D eigenvalue weighted by Gasteiger charge is -2.27. The standard InChI is InChI=1S/C11H10BrNO2/c1-6-4-7(12)5-8-9(6)13-10(14)11(15-8)2-3-11/h4-5H,2-3H2,1H3,(H,13,14). The van der Waals surface area contributed by atoms with Crippen molar-refractivity contribution in [3.05, 3.63) is 22.2 Å². The average Bonchev–Trinajstić information content (AvgIpc) is 2.90. The summed E-state index contributed by atoms with van der Waals surface area (Å²) in [6.45, 7) is 1.96. The molecule has 3 rings (SSSR count). The van der Waals surface area contributed by atoms with E-state index in [2.05, 4.69) is 21.2 Å². The molecule has 1 saturated carbocycles. The highest BCUT2D eigenvalue weighted by atomic mass is 79.9. The number of carbonyl (C=O) groups is 1. The number of benzene rings is 1. The molecular formula is C11H10BrNO2. The zero-order chi connectivity index (χ0) is 10.6. The Morgan fingerprint density at radius 1 is 1.47 bits per heavy atom. The van der Waals surface area contributed by atoms with Crippen molar-refractivity contribution in [2.75, 3.05) is 5.32 Å². The molecule has 0 radical (unpaired) electrons. The maximum absolute atomic E-state index is 11.7. The van der Waals surface area contributed by atoms with Gasteiger partial charge < -0.3 is 10.1 Å². The van der Waals surface area contributed by atoms with Gasteiger partial charge in [0, 0.05) is 17.3 Å². The van der Waals surface area contributed by atoms with Crippen molar-refractivity contribution in [2.45, 2.75) is 25.4 Å². The summed E-state index contributed by atoms with van der Waals surface area (Å²) < 4.78 is 6.74. The number of ether oxygens (including phenoxy) is 1. The third kappa shape index (κ3) is 1.28. The van der Waals surface area contributed by atoms with Gasteiger partial charge in [-0.1, -0.05) is 15.9 Å². The van der Waals surface area contributed by atoms with Gasteiger partial charge >= 0.3 is 0 Å². The fourth-order valence-electron chi connectivity index (χ4n) is 1.88. The number of anilines is 1. The van der Waals surface area contributed by atoms with Crippen molar-refractivity contribution in [3.63, 3.8) is 0 Å². The Balaban J connectivity index is 2.12. The van der Waals surface area contributed by atoms with Gasteiger partial charge in [0.1, 0.15) is 5.75 Å². The van der Waals surface area contributed by atoms with Gasteiger partial charge in [-0.2, -0.15) is 0 Å². The Morgan fingerprint density at radius 3 is 2.87 bits per heavy atom. The molecule has 1 N–H and O–H groups in total. The van der Waals surface area contributed by atoms with E-state index in [1.807, 2.05) is 19.1 Å². The Kier molecular flexibility index (Phi) is 1.69. The molecule has 0 saturated heterocycles. The van der Waals surface area contributed by atoms with Crippen LogP contribution < -0.4 is 10.1 Å². The second-order valence-corrected chi connectivity index (χ2v) is 5.06. The minimum atomic E-state index is -0.555. The molecule has 0 aromatic heterocycles. The summed E-state index contributed by atoms with van der Waals surface area (Å²) in [6.07, 6.45) is 1.65. The molecule has 15 heavy (non-hydrogen) atoms. The first-order valence-corrected chi connectivity index (χ1v) is 5.71. The summed E-state index contributed by atoms with van der Waals surface area (Å²) in [7, 11) is 0. The van der Waals surface area contributed by atoms with Crippen LogP contribution in [0.4, 0.5) is 5.69 Å². The van der Waals surface area contributed by atoms with Gasteiger partial charge in [0.2, 0.25) is 0 Å². The highest BCUT2D eigenvalue weighted by Crippen LogP contribution is 2.48. The van der Waals surface area contributed by atoms with Crippen molar-refractivity contribution < 1.29 is 9.53 Å². The van der Waals surface area contributed by atoms with E-state index in [0.29, 0.717) is 0 Å². The maximum atomic E-state index is 11.7. The van der Waals surface area contributed by atoms with Gasteiger partial charge in [-0.15, -0.1) is 0 Å². The van der Waals surface area contributed by atoms with Gasteiger partial charge in [0.25, 0.3) is 5.91 Å². The van der Waals surface area contributed by atoms with E-state index in [1.54, 1.807) is 0 Å². The van der Waals surface area contributed by atoms with E-state index in [4.69, 9.17) is 4.74 Å². The van der Waals surface area contributed by atoms with Crippen LogP contribution in [0.15, 0.2) is 16.6 Å². The lowest BCUT2D eigenvalue weighted by atomic mass is 10.1.